The van der Waals surface area contributed by atoms with E-state index in [0.717, 1.165) is 6.29 Å². The van der Waals surface area contributed by atoms with E-state index in [-0.39, 0.29) is 5.92 Å². The Bertz CT molecular complexity index is 76.8. The van der Waals surface area contributed by atoms with Gasteiger partial charge in [-0.2, -0.15) is 0 Å². The van der Waals surface area contributed by atoms with Crippen molar-refractivity contribution in [3.63, 3.8) is 0 Å². The smallest absolute Gasteiger partial charge is 0.124 e. The molecule has 0 radical (unpaired) electrons. The Morgan fingerprint density at radius 1 is 1.75 bits per heavy atom. The van der Waals surface area contributed by atoms with Crippen LogP contribution in [0.25, 0.3) is 0 Å². The van der Waals surface area contributed by atoms with Gasteiger partial charge < -0.3 is 10.1 Å². The summed E-state index contributed by atoms with van der Waals surface area (Å²) in [5.41, 5.74) is 0. The van der Waals surface area contributed by atoms with Crippen LogP contribution in [0.1, 0.15) is 6.92 Å². The molecule has 0 aromatic carbocycles. The van der Waals surface area contributed by atoms with Crippen molar-refractivity contribution in [1.82, 2.24) is 5.32 Å². The second-order valence-corrected chi connectivity index (χ2v) is 2.07. The van der Waals surface area contributed by atoms with Crippen LogP contribution in [0.15, 0.2) is 0 Å². The van der Waals surface area contributed by atoms with Gasteiger partial charge in [-0.1, -0.05) is 6.92 Å². The summed E-state index contributed by atoms with van der Waals surface area (Å²) in [4.78, 5) is 10.1. The second kappa shape index (κ2) is 3.67. The maximum Gasteiger partial charge on any atom is 0.124 e. The van der Waals surface area contributed by atoms with E-state index in [1.807, 2.05) is 21.8 Å². The fourth-order valence-electron chi connectivity index (χ4n) is 0.381. The van der Waals surface area contributed by atoms with Gasteiger partial charge in [0.1, 0.15) is 14.1 Å². The van der Waals surface area contributed by atoms with Crippen LogP contribution in [0.2, 0.25) is 0 Å². The third-order valence-corrected chi connectivity index (χ3v) is 1.46. The standard InChI is InChI=1S/C5H12BNO/c1-4(3-8)5(6)7-2/h3-5,7H,6H2,1-2H3. The van der Waals surface area contributed by atoms with E-state index in [0.29, 0.717) is 5.94 Å². The summed E-state index contributed by atoms with van der Waals surface area (Å²) in [6, 6.07) is 0. The van der Waals surface area contributed by atoms with Crippen molar-refractivity contribution in [3.05, 3.63) is 0 Å². The highest BCUT2D eigenvalue weighted by molar-refractivity contribution is 6.12. The predicted octanol–water partition coefficient (Wildman–Crippen LogP) is -1.00. The summed E-state index contributed by atoms with van der Waals surface area (Å²) in [6.07, 6.45) is 0.959. The van der Waals surface area contributed by atoms with Crippen LogP contribution in [-0.4, -0.2) is 27.1 Å². The number of hydrogen-bond acceptors (Lipinski definition) is 2. The van der Waals surface area contributed by atoms with Crippen molar-refractivity contribution < 1.29 is 4.79 Å². The Morgan fingerprint density at radius 2 is 2.25 bits per heavy atom. The number of carbonyl (C=O) groups is 1. The van der Waals surface area contributed by atoms with Gasteiger partial charge in [-0.15, -0.1) is 0 Å². The van der Waals surface area contributed by atoms with Crippen LogP contribution < -0.4 is 5.32 Å². The molecule has 8 heavy (non-hydrogen) atoms. The molecule has 0 saturated heterocycles. The monoisotopic (exact) mass is 113 g/mol. The molecular formula is C5H12BNO. The van der Waals surface area contributed by atoms with Gasteiger partial charge in [-0.3, -0.25) is 0 Å². The number of carbonyl (C=O) groups excluding carboxylic acids is 1. The van der Waals surface area contributed by atoms with E-state index in [9.17, 15) is 4.79 Å². The van der Waals surface area contributed by atoms with Gasteiger partial charge in [-0.05, 0) is 13.0 Å². The zero-order chi connectivity index (χ0) is 6.57. The first-order valence-corrected chi connectivity index (χ1v) is 2.85. The molecule has 0 aliphatic carbocycles. The van der Waals surface area contributed by atoms with Gasteiger partial charge in [0.15, 0.2) is 0 Å². The molecule has 0 aliphatic rings. The molecule has 2 unspecified atom stereocenters. The summed E-state index contributed by atoms with van der Waals surface area (Å²) in [5, 5.41) is 2.98. The molecular weight excluding hydrogens is 101 g/mol. The average Bonchev–Trinajstić information content (AvgIpc) is 1.84. The van der Waals surface area contributed by atoms with E-state index in [2.05, 4.69) is 5.32 Å². The normalized spacial score (nSPS) is 17.2. The lowest BCUT2D eigenvalue weighted by molar-refractivity contribution is -0.110. The molecule has 0 spiro atoms. The highest BCUT2D eigenvalue weighted by Gasteiger charge is 2.06. The minimum absolute atomic E-state index is 0.125. The quantitative estimate of drug-likeness (QED) is 0.375. The molecule has 0 bridgehead atoms. The Morgan fingerprint density at radius 3 is 2.38 bits per heavy atom. The third kappa shape index (κ3) is 2.12. The molecule has 3 heteroatoms. The first-order valence-electron chi connectivity index (χ1n) is 2.85. The van der Waals surface area contributed by atoms with Gasteiger partial charge in [0, 0.05) is 5.92 Å². The maximum absolute atomic E-state index is 10.1. The molecule has 0 aromatic heterocycles. The molecule has 0 aromatic rings. The summed E-state index contributed by atoms with van der Waals surface area (Å²) in [6.45, 7) is 1.90. The molecule has 1 N–H and O–H groups in total. The first-order chi connectivity index (χ1) is 3.72. The zero-order valence-corrected chi connectivity index (χ0v) is 5.64. The molecule has 2 atom stereocenters. The Hall–Kier alpha value is -0.305. The van der Waals surface area contributed by atoms with Crippen molar-refractivity contribution in [2.75, 3.05) is 7.05 Å². The predicted molar refractivity (Wildman–Crippen MR) is 36.6 cm³/mol. The van der Waals surface area contributed by atoms with Crippen LogP contribution >= 0.6 is 0 Å². The van der Waals surface area contributed by atoms with Crippen molar-refractivity contribution in [1.29, 1.82) is 0 Å². The minimum Gasteiger partial charge on any atom is -0.324 e. The van der Waals surface area contributed by atoms with Gasteiger partial charge in [0.25, 0.3) is 0 Å². The van der Waals surface area contributed by atoms with Crippen molar-refractivity contribution >= 4 is 14.1 Å². The van der Waals surface area contributed by atoms with E-state index in [4.69, 9.17) is 0 Å². The van der Waals surface area contributed by atoms with Crippen LogP contribution in [0, 0.1) is 5.92 Å². The van der Waals surface area contributed by atoms with Crippen LogP contribution in [-0.2, 0) is 4.79 Å². The van der Waals surface area contributed by atoms with E-state index >= 15 is 0 Å². The summed E-state index contributed by atoms with van der Waals surface area (Å²) in [5.74, 6) is 0.424. The molecule has 0 aliphatic heterocycles. The Balaban J connectivity index is 3.44. The molecule has 2 nitrogen and oxygen atoms in total. The highest BCUT2D eigenvalue weighted by atomic mass is 16.1. The van der Waals surface area contributed by atoms with Gasteiger partial charge >= 0.3 is 0 Å². The van der Waals surface area contributed by atoms with Gasteiger partial charge in [-0.25, -0.2) is 0 Å². The second-order valence-electron chi connectivity index (χ2n) is 2.07. The minimum atomic E-state index is 0.125. The molecule has 0 saturated carbocycles. The van der Waals surface area contributed by atoms with Crippen LogP contribution in [0.3, 0.4) is 0 Å². The largest absolute Gasteiger partial charge is 0.324 e. The first kappa shape index (κ1) is 7.69. The summed E-state index contributed by atoms with van der Waals surface area (Å²) >= 11 is 0. The van der Waals surface area contributed by atoms with Crippen molar-refractivity contribution in [2.24, 2.45) is 5.92 Å². The Kier molecular flexibility index (Phi) is 3.53. The molecule has 46 valence electrons. The van der Waals surface area contributed by atoms with Crippen LogP contribution in [0.5, 0.6) is 0 Å². The number of aldehydes is 1. The molecule has 0 heterocycles. The zero-order valence-electron chi connectivity index (χ0n) is 5.64. The lowest BCUT2D eigenvalue weighted by Crippen LogP contribution is -2.32. The summed E-state index contributed by atoms with van der Waals surface area (Å²) < 4.78 is 0. The SMILES string of the molecule is BC(NC)C(C)C=O. The fourth-order valence-corrected chi connectivity index (χ4v) is 0.381. The summed E-state index contributed by atoms with van der Waals surface area (Å²) in [7, 11) is 3.84. The van der Waals surface area contributed by atoms with Crippen molar-refractivity contribution in [3.8, 4) is 0 Å². The van der Waals surface area contributed by atoms with Gasteiger partial charge in [0.2, 0.25) is 0 Å². The lowest BCUT2D eigenvalue weighted by atomic mass is 9.86. The molecule has 0 amide bonds. The number of hydrogen-bond donors (Lipinski definition) is 1. The van der Waals surface area contributed by atoms with Gasteiger partial charge in [0.05, 0.1) is 0 Å². The molecule has 0 rings (SSSR count). The number of rotatable bonds is 3. The highest BCUT2D eigenvalue weighted by Crippen LogP contribution is 1.91. The maximum atomic E-state index is 10.1. The fraction of sp³-hybridized carbons (Fsp3) is 0.800. The number of nitrogens with one attached hydrogen (secondary N) is 1. The third-order valence-electron chi connectivity index (χ3n) is 1.46. The Labute approximate surface area is 51.1 Å². The lowest BCUT2D eigenvalue weighted by Gasteiger charge is -2.11. The van der Waals surface area contributed by atoms with E-state index in [1.165, 1.54) is 0 Å². The van der Waals surface area contributed by atoms with Crippen LogP contribution in [0.4, 0.5) is 0 Å². The van der Waals surface area contributed by atoms with E-state index in [1.54, 1.807) is 0 Å². The average molecular weight is 113 g/mol. The molecule has 0 fully saturated rings. The topological polar surface area (TPSA) is 29.1 Å². The van der Waals surface area contributed by atoms with Crippen molar-refractivity contribution in [2.45, 2.75) is 12.9 Å². The van der Waals surface area contributed by atoms with E-state index < -0.39 is 0 Å².